The van der Waals surface area contributed by atoms with Crippen molar-refractivity contribution in [2.75, 3.05) is 0 Å². The highest BCUT2D eigenvalue weighted by molar-refractivity contribution is 6.21. The van der Waals surface area contributed by atoms with Gasteiger partial charge in [0.25, 0.3) is 0 Å². The molecule has 2 heterocycles. The van der Waals surface area contributed by atoms with Crippen LogP contribution in [0.5, 0.6) is 0 Å². The van der Waals surface area contributed by atoms with Crippen molar-refractivity contribution >= 4 is 5.71 Å². The summed E-state index contributed by atoms with van der Waals surface area (Å²) in [5.41, 5.74) is -0.737. The lowest BCUT2D eigenvalue weighted by Crippen LogP contribution is -2.07. The topological polar surface area (TPSA) is 183 Å². The van der Waals surface area contributed by atoms with Crippen molar-refractivity contribution in [1.29, 1.82) is 26.3 Å². The predicted molar refractivity (Wildman–Crippen MR) is 73.2 cm³/mol. The van der Waals surface area contributed by atoms with Crippen molar-refractivity contribution in [3.05, 3.63) is 34.2 Å². The number of aliphatic imine (C=N–C) groups is 1. The standard InChI is InChI=1S/C14N10/c15-1-6-8(3-17)23-13-11(21-6)10(20-5-19)12-14(13)24-9(4-18)7(2-16)22-12. The molecule has 10 nitrogen and oxygen atoms in total. The molecule has 106 valence electrons. The van der Waals surface area contributed by atoms with Gasteiger partial charge in [0.1, 0.15) is 52.8 Å². The van der Waals surface area contributed by atoms with Crippen LogP contribution in [0.3, 0.4) is 0 Å². The van der Waals surface area contributed by atoms with E-state index in [-0.39, 0.29) is 51.3 Å². The van der Waals surface area contributed by atoms with E-state index in [2.05, 4.69) is 24.9 Å². The molecule has 0 saturated heterocycles. The third-order valence-electron chi connectivity index (χ3n) is 3.05. The minimum absolute atomic E-state index is 0.0236. The van der Waals surface area contributed by atoms with Gasteiger partial charge in [0.05, 0.1) is 0 Å². The summed E-state index contributed by atoms with van der Waals surface area (Å²) in [7, 11) is 0. The van der Waals surface area contributed by atoms with Gasteiger partial charge < -0.3 is 0 Å². The molecule has 0 fully saturated rings. The van der Waals surface area contributed by atoms with Crippen LogP contribution in [0.4, 0.5) is 0 Å². The van der Waals surface area contributed by atoms with Gasteiger partial charge in [-0.05, 0) is 0 Å². The molecule has 1 aliphatic carbocycles. The van der Waals surface area contributed by atoms with Gasteiger partial charge in [0.15, 0.2) is 22.8 Å². The van der Waals surface area contributed by atoms with Gasteiger partial charge in [-0.3, -0.25) is 0 Å². The molecule has 1 aliphatic rings. The minimum Gasteiger partial charge on any atom is -0.230 e. The van der Waals surface area contributed by atoms with E-state index in [4.69, 9.17) is 26.3 Å². The SMILES string of the molecule is N#CN=C1c2nc(C#N)c(C#N)nc2-c2nc(C#N)c(C#N)nc21. The normalized spacial score (nSPS) is 10.2. The Bertz CT molecular complexity index is 1070. The lowest BCUT2D eigenvalue weighted by atomic mass is 10.2. The summed E-state index contributed by atoms with van der Waals surface area (Å²) in [4.78, 5) is 19.6. The van der Waals surface area contributed by atoms with Crippen LogP contribution in [0.25, 0.3) is 11.4 Å². The summed E-state index contributed by atoms with van der Waals surface area (Å²) in [5.74, 6) is 0. The molecule has 2 aromatic rings. The number of aromatic nitrogens is 4. The van der Waals surface area contributed by atoms with Gasteiger partial charge in [-0.25, -0.2) is 19.9 Å². The molecule has 0 N–H and O–H groups in total. The zero-order valence-electron chi connectivity index (χ0n) is 11.5. The summed E-state index contributed by atoms with van der Waals surface area (Å²) >= 11 is 0. The van der Waals surface area contributed by atoms with Crippen LogP contribution in [-0.4, -0.2) is 25.6 Å². The lowest BCUT2D eigenvalue weighted by molar-refractivity contribution is 1.10. The zero-order chi connectivity index (χ0) is 17.3. The van der Waals surface area contributed by atoms with E-state index in [0.717, 1.165) is 0 Å². The van der Waals surface area contributed by atoms with E-state index in [0.29, 0.717) is 0 Å². The van der Waals surface area contributed by atoms with Crippen LogP contribution < -0.4 is 0 Å². The first-order valence-corrected chi connectivity index (χ1v) is 6.10. The van der Waals surface area contributed by atoms with Crippen molar-refractivity contribution in [2.24, 2.45) is 4.99 Å². The molecule has 0 atom stereocenters. The number of nitriles is 5. The van der Waals surface area contributed by atoms with E-state index >= 15 is 0 Å². The molecule has 0 spiro atoms. The Balaban J connectivity index is 2.46. The second-order valence-corrected chi connectivity index (χ2v) is 4.24. The molecule has 0 unspecified atom stereocenters. The molecular formula is C14N10. The van der Waals surface area contributed by atoms with Gasteiger partial charge in [0.2, 0.25) is 6.19 Å². The molecule has 3 rings (SSSR count). The van der Waals surface area contributed by atoms with E-state index in [1.807, 2.05) is 0 Å². The Hall–Kier alpha value is -4.72. The fraction of sp³-hybridized carbons (Fsp3) is 0. The first kappa shape index (κ1) is 14.2. The zero-order valence-corrected chi connectivity index (χ0v) is 11.5. The minimum atomic E-state index is -0.240. The van der Waals surface area contributed by atoms with Crippen molar-refractivity contribution in [3.63, 3.8) is 0 Å². The van der Waals surface area contributed by atoms with Gasteiger partial charge >= 0.3 is 0 Å². The summed E-state index contributed by atoms with van der Waals surface area (Å²) in [6, 6.07) is 6.94. The molecule has 2 aromatic heterocycles. The maximum absolute atomic E-state index is 9.06. The first-order chi connectivity index (χ1) is 11.7. The van der Waals surface area contributed by atoms with Crippen LogP contribution in [0.1, 0.15) is 34.2 Å². The Kier molecular flexibility index (Phi) is 3.11. The monoisotopic (exact) mass is 308 g/mol. The summed E-state index contributed by atoms with van der Waals surface area (Å²) < 4.78 is 0. The molecule has 0 saturated carbocycles. The number of fused-ring (bicyclic) bond motifs is 3. The smallest absolute Gasteiger partial charge is 0.206 e. The number of rotatable bonds is 0. The average Bonchev–Trinajstić information content (AvgIpc) is 2.91. The number of hydrogen-bond acceptors (Lipinski definition) is 10. The number of hydrogen-bond donors (Lipinski definition) is 0. The summed E-state index contributed by atoms with van der Waals surface area (Å²) in [6.45, 7) is 0. The molecule has 0 bridgehead atoms. The Morgan fingerprint density at radius 1 is 0.542 bits per heavy atom. The van der Waals surface area contributed by atoms with Crippen molar-refractivity contribution in [2.45, 2.75) is 0 Å². The predicted octanol–water partition coefficient (Wildman–Crippen LogP) is 0.0522. The van der Waals surface area contributed by atoms with Crippen LogP contribution in [0.15, 0.2) is 4.99 Å². The summed E-state index contributed by atoms with van der Waals surface area (Å²) in [6.07, 6.45) is 1.58. The second kappa shape index (κ2) is 5.24. The maximum atomic E-state index is 9.06. The summed E-state index contributed by atoms with van der Waals surface area (Å²) in [5, 5.41) is 45.1. The molecule has 10 heteroatoms. The van der Waals surface area contributed by atoms with Crippen molar-refractivity contribution < 1.29 is 0 Å². The first-order valence-electron chi connectivity index (χ1n) is 6.10. The maximum Gasteiger partial charge on any atom is 0.206 e. The highest BCUT2D eigenvalue weighted by Crippen LogP contribution is 2.33. The van der Waals surface area contributed by atoms with Crippen molar-refractivity contribution in [1.82, 2.24) is 19.9 Å². The van der Waals surface area contributed by atoms with Crippen LogP contribution in [0, 0.1) is 56.8 Å². The largest absolute Gasteiger partial charge is 0.230 e. The van der Waals surface area contributed by atoms with Gasteiger partial charge in [-0.1, -0.05) is 0 Å². The van der Waals surface area contributed by atoms with Gasteiger partial charge in [-0.2, -0.15) is 31.3 Å². The van der Waals surface area contributed by atoms with E-state index < -0.39 is 0 Å². The molecule has 24 heavy (non-hydrogen) atoms. The molecule has 0 aromatic carbocycles. The van der Waals surface area contributed by atoms with E-state index in [1.165, 1.54) is 0 Å². The molecule has 0 radical (unpaired) electrons. The van der Waals surface area contributed by atoms with Crippen molar-refractivity contribution in [3.8, 4) is 41.9 Å². The fourth-order valence-corrected chi connectivity index (χ4v) is 2.11. The second-order valence-electron chi connectivity index (χ2n) is 4.24. The Morgan fingerprint density at radius 2 is 0.875 bits per heavy atom. The number of nitrogens with zero attached hydrogens (tertiary/aromatic N) is 10. The quantitative estimate of drug-likeness (QED) is 0.517. The molecule has 0 amide bonds. The van der Waals surface area contributed by atoms with Crippen LogP contribution in [0.2, 0.25) is 0 Å². The molecular weight excluding hydrogens is 308 g/mol. The van der Waals surface area contributed by atoms with Crippen LogP contribution >= 0.6 is 0 Å². The van der Waals surface area contributed by atoms with E-state index in [1.54, 1.807) is 30.5 Å². The fourth-order valence-electron chi connectivity index (χ4n) is 2.11. The molecule has 0 aliphatic heterocycles. The highest BCUT2D eigenvalue weighted by atomic mass is 15.0. The third-order valence-corrected chi connectivity index (χ3v) is 3.05. The lowest BCUT2D eigenvalue weighted by Gasteiger charge is -2.00. The van der Waals surface area contributed by atoms with Gasteiger partial charge in [-0.15, -0.1) is 0 Å². The average molecular weight is 308 g/mol. The van der Waals surface area contributed by atoms with E-state index in [9.17, 15) is 0 Å². The third kappa shape index (κ3) is 1.81. The van der Waals surface area contributed by atoms with Crippen LogP contribution in [-0.2, 0) is 0 Å². The Morgan fingerprint density at radius 3 is 1.17 bits per heavy atom. The Labute approximate surface area is 133 Å². The highest BCUT2D eigenvalue weighted by Gasteiger charge is 2.34. The van der Waals surface area contributed by atoms with Gasteiger partial charge in [0, 0.05) is 0 Å².